The molecule has 0 radical (unpaired) electrons. The summed E-state index contributed by atoms with van der Waals surface area (Å²) in [6.45, 7) is 1.86. The molecule has 0 saturated heterocycles. The number of hydrogen-bond donors (Lipinski definition) is 1. The fourth-order valence-corrected chi connectivity index (χ4v) is 5.70. The summed E-state index contributed by atoms with van der Waals surface area (Å²) in [4.78, 5) is 11.4. The first-order valence-corrected chi connectivity index (χ1v) is 12.0. The van der Waals surface area contributed by atoms with E-state index < -0.39 is 33.5 Å². The molecule has 4 rings (SSSR count). The molecule has 31 heavy (non-hydrogen) atoms. The summed E-state index contributed by atoms with van der Waals surface area (Å²) in [6.07, 6.45) is 2.92. The van der Waals surface area contributed by atoms with Crippen LogP contribution in [0, 0.1) is 11.6 Å². The first kappa shape index (κ1) is 21.5. The maximum atomic E-state index is 14.5. The molecule has 0 fully saturated rings. The van der Waals surface area contributed by atoms with Crippen molar-refractivity contribution in [3.63, 3.8) is 0 Å². The van der Waals surface area contributed by atoms with Crippen LogP contribution in [0.5, 0.6) is 0 Å². The van der Waals surface area contributed by atoms with E-state index in [1.54, 1.807) is 12.1 Å². The molecule has 3 aromatic rings. The molecule has 8 heteroatoms. The normalized spacial score (nSPS) is 17.5. The van der Waals surface area contributed by atoms with Gasteiger partial charge < -0.3 is 9.67 Å². The van der Waals surface area contributed by atoms with Crippen molar-refractivity contribution in [3.05, 3.63) is 64.9 Å². The number of aliphatic carboxylic acids is 1. The Bertz CT molecular complexity index is 1280. The summed E-state index contributed by atoms with van der Waals surface area (Å²) in [5.41, 5.74) is 2.65. The van der Waals surface area contributed by atoms with Gasteiger partial charge in [-0.05, 0) is 61.6 Å². The highest BCUT2D eigenvalue weighted by Crippen LogP contribution is 2.44. The Kier molecular flexibility index (Phi) is 5.37. The highest BCUT2D eigenvalue weighted by molar-refractivity contribution is 7.91. The highest BCUT2D eigenvalue weighted by atomic mass is 32.2. The Morgan fingerprint density at radius 1 is 1.19 bits per heavy atom. The average Bonchev–Trinajstić information content (AvgIpc) is 3.01. The molecule has 2 atom stereocenters. The van der Waals surface area contributed by atoms with Crippen LogP contribution in [-0.4, -0.2) is 30.3 Å². The topological polar surface area (TPSA) is 76.4 Å². The summed E-state index contributed by atoms with van der Waals surface area (Å²) in [5.74, 6) is -2.31. The van der Waals surface area contributed by atoms with Gasteiger partial charge in [0.15, 0.2) is 9.84 Å². The van der Waals surface area contributed by atoms with E-state index in [4.69, 9.17) is 0 Å². The van der Waals surface area contributed by atoms with Crippen LogP contribution >= 0.6 is 0 Å². The number of carboxylic acid groups (broad SMARTS) is 1. The van der Waals surface area contributed by atoms with Gasteiger partial charge >= 0.3 is 5.97 Å². The van der Waals surface area contributed by atoms with Crippen LogP contribution in [0.4, 0.5) is 8.78 Å². The van der Waals surface area contributed by atoms with Crippen molar-refractivity contribution in [2.45, 2.75) is 49.5 Å². The molecule has 1 heterocycles. The monoisotopic (exact) mass is 447 g/mol. The molecule has 1 aliphatic rings. The molecule has 1 aliphatic carbocycles. The van der Waals surface area contributed by atoms with Gasteiger partial charge in [-0.15, -0.1) is 0 Å². The number of carboxylic acids is 1. The van der Waals surface area contributed by atoms with E-state index in [1.807, 2.05) is 11.5 Å². The van der Waals surface area contributed by atoms with Crippen molar-refractivity contribution in [1.82, 2.24) is 4.57 Å². The summed E-state index contributed by atoms with van der Waals surface area (Å²) < 4.78 is 55.0. The smallest absolute Gasteiger partial charge is 0.304 e. The minimum absolute atomic E-state index is 0.101. The average molecular weight is 448 g/mol. The molecular formula is C23H23F2NO4S. The van der Waals surface area contributed by atoms with Crippen LogP contribution in [0.3, 0.4) is 0 Å². The zero-order valence-electron chi connectivity index (χ0n) is 17.2. The van der Waals surface area contributed by atoms with Crippen LogP contribution in [0.1, 0.15) is 55.0 Å². The van der Waals surface area contributed by atoms with E-state index in [9.17, 15) is 27.1 Å². The van der Waals surface area contributed by atoms with Gasteiger partial charge in [-0.2, -0.15) is 0 Å². The van der Waals surface area contributed by atoms with E-state index in [0.717, 1.165) is 35.6 Å². The fourth-order valence-electron chi connectivity index (χ4n) is 4.81. The lowest BCUT2D eigenvalue weighted by Crippen LogP contribution is -2.20. The van der Waals surface area contributed by atoms with Crippen molar-refractivity contribution in [2.24, 2.45) is 0 Å². The second kappa shape index (κ2) is 7.75. The lowest BCUT2D eigenvalue weighted by molar-refractivity contribution is -0.137. The van der Waals surface area contributed by atoms with Crippen LogP contribution in [0.2, 0.25) is 0 Å². The largest absolute Gasteiger partial charge is 0.481 e. The molecule has 5 nitrogen and oxygen atoms in total. The minimum Gasteiger partial charge on any atom is -0.481 e. The predicted molar refractivity (Wildman–Crippen MR) is 113 cm³/mol. The van der Waals surface area contributed by atoms with Crippen LogP contribution in [-0.2, 0) is 21.1 Å². The molecule has 0 spiro atoms. The van der Waals surface area contributed by atoms with Gasteiger partial charge in [-0.1, -0.05) is 12.1 Å². The minimum atomic E-state index is -3.77. The van der Waals surface area contributed by atoms with Gasteiger partial charge in [0.05, 0.1) is 22.9 Å². The summed E-state index contributed by atoms with van der Waals surface area (Å²) >= 11 is 0. The number of halogens is 2. The third-order valence-electron chi connectivity index (χ3n) is 6.10. The van der Waals surface area contributed by atoms with Crippen molar-refractivity contribution in [1.29, 1.82) is 0 Å². The number of hydrogen-bond acceptors (Lipinski definition) is 3. The Labute approximate surface area is 179 Å². The molecule has 0 bridgehead atoms. The summed E-state index contributed by atoms with van der Waals surface area (Å²) in [7, 11) is -3.77. The molecule has 0 aliphatic heterocycles. The van der Waals surface area contributed by atoms with Gasteiger partial charge in [0, 0.05) is 23.3 Å². The number of aryl methyl sites for hydroxylation is 1. The second-order valence-corrected chi connectivity index (χ2v) is 10.2. The molecule has 1 N–H and O–H groups in total. The second-order valence-electron chi connectivity index (χ2n) is 8.22. The van der Waals surface area contributed by atoms with Gasteiger partial charge in [-0.25, -0.2) is 17.2 Å². The number of fused-ring (bicyclic) bond motifs is 3. The van der Waals surface area contributed by atoms with Gasteiger partial charge in [0.2, 0.25) is 0 Å². The number of rotatable bonds is 5. The SMILES string of the molecule is C[C@@H](c1ccc(F)cc1)n1c2c(c3cc(F)cc(S(C)(=O)=O)c31)CCC[C@@H]2CC(=O)O. The third-order valence-corrected chi connectivity index (χ3v) is 7.21. The molecule has 164 valence electrons. The number of sulfone groups is 1. The van der Waals surface area contributed by atoms with Gasteiger partial charge in [0.1, 0.15) is 11.6 Å². The van der Waals surface area contributed by atoms with E-state index in [2.05, 4.69) is 0 Å². The van der Waals surface area contributed by atoms with Crippen molar-refractivity contribution in [3.8, 4) is 0 Å². The zero-order valence-corrected chi connectivity index (χ0v) is 18.0. The Morgan fingerprint density at radius 2 is 1.87 bits per heavy atom. The zero-order chi connectivity index (χ0) is 22.5. The van der Waals surface area contributed by atoms with Crippen molar-refractivity contribution in [2.75, 3.05) is 6.26 Å². The Hall–Kier alpha value is -2.74. The van der Waals surface area contributed by atoms with E-state index in [0.29, 0.717) is 23.7 Å². The van der Waals surface area contributed by atoms with Gasteiger partial charge in [-0.3, -0.25) is 4.79 Å². The first-order valence-electron chi connectivity index (χ1n) is 10.1. The van der Waals surface area contributed by atoms with E-state index >= 15 is 0 Å². The van der Waals surface area contributed by atoms with E-state index in [1.165, 1.54) is 18.2 Å². The van der Waals surface area contributed by atoms with Crippen LogP contribution < -0.4 is 0 Å². The van der Waals surface area contributed by atoms with Crippen molar-refractivity contribution < 1.29 is 27.1 Å². The summed E-state index contributed by atoms with van der Waals surface area (Å²) in [6, 6.07) is 7.84. The summed E-state index contributed by atoms with van der Waals surface area (Å²) in [5, 5.41) is 9.96. The molecule has 2 aromatic carbocycles. The number of benzene rings is 2. The van der Waals surface area contributed by atoms with E-state index in [-0.39, 0.29) is 17.2 Å². The van der Waals surface area contributed by atoms with Gasteiger partial charge in [0.25, 0.3) is 0 Å². The number of carbonyl (C=O) groups is 1. The maximum absolute atomic E-state index is 14.5. The quantitative estimate of drug-likeness (QED) is 0.608. The molecule has 0 unspecified atom stereocenters. The molecule has 0 amide bonds. The van der Waals surface area contributed by atoms with Crippen LogP contribution in [0.25, 0.3) is 10.9 Å². The number of aromatic nitrogens is 1. The molecular weight excluding hydrogens is 424 g/mol. The predicted octanol–water partition coefficient (Wildman–Crippen LogP) is 4.83. The van der Waals surface area contributed by atoms with Crippen molar-refractivity contribution >= 4 is 26.7 Å². The standard InChI is InChI=1S/C23H23F2NO4S/c1-13(14-6-8-16(24)9-7-14)26-22-15(10-21(27)28)4-3-5-18(22)19-11-17(25)12-20(23(19)26)31(2,29)30/h6-9,11-13,15H,3-5,10H2,1-2H3,(H,27,28)/t13-,15+/m0/s1. The first-order chi connectivity index (χ1) is 14.6. The maximum Gasteiger partial charge on any atom is 0.304 e. The number of nitrogens with zero attached hydrogens (tertiary/aromatic N) is 1. The lowest BCUT2D eigenvalue weighted by Gasteiger charge is -2.28. The highest BCUT2D eigenvalue weighted by Gasteiger charge is 2.33. The Morgan fingerprint density at radius 3 is 2.48 bits per heavy atom. The Balaban J connectivity index is 2.10. The van der Waals surface area contributed by atoms with Crippen LogP contribution in [0.15, 0.2) is 41.3 Å². The molecule has 1 aromatic heterocycles. The third kappa shape index (κ3) is 3.84. The lowest BCUT2D eigenvalue weighted by atomic mass is 9.84. The fraction of sp³-hybridized carbons (Fsp3) is 0.348. The molecule has 0 saturated carbocycles.